The van der Waals surface area contributed by atoms with E-state index < -0.39 is 22.0 Å². The smallest absolute Gasteiger partial charge is 0.356 e. The molecule has 1 aromatic carbocycles. The molecule has 1 aliphatic carbocycles. The maximum Gasteiger partial charge on any atom is 0.356 e. The zero-order valence-electron chi connectivity index (χ0n) is 15.1. The van der Waals surface area contributed by atoms with Crippen molar-refractivity contribution in [3.05, 3.63) is 67.9 Å². The summed E-state index contributed by atoms with van der Waals surface area (Å²) in [6.45, 7) is 2.89. The van der Waals surface area contributed by atoms with Gasteiger partial charge in [0, 0.05) is 37.2 Å². The Hall–Kier alpha value is -3.23. The summed E-state index contributed by atoms with van der Waals surface area (Å²) >= 11 is 0. The Kier molecular flexibility index (Phi) is 4.37. The molecule has 1 aliphatic heterocycles. The minimum atomic E-state index is -0.729. The number of carbonyl (C=O) groups excluding carboxylic acids is 1. The molecule has 2 aliphatic rings. The first-order valence-electron chi connectivity index (χ1n) is 9.00. The molecule has 2 heterocycles. The van der Waals surface area contributed by atoms with Crippen LogP contribution in [-0.2, 0) is 11.2 Å². The van der Waals surface area contributed by atoms with E-state index in [1.807, 2.05) is 11.8 Å². The van der Waals surface area contributed by atoms with Crippen LogP contribution in [0.5, 0.6) is 0 Å². The number of H-pyrrole nitrogens is 1. The number of aromatic amines is 1. The highest BCUT2D eigenvalue weighted by molar-refractivity contribution is 5.79. The molecule has 8 nitrogen and oxygen atoms in total. The van der Waals surface area contributed by atoms with E-state index in [0.717, 1.165) is 5.56 Å². The number of nitrogens with one attached hydrogen (secondary N) is 2. The molecule has 3 atom stereocenters. The number of aryl methyl sites for hydroxylation is 1. The van der Waals surface area contributed by atoms with Crippen molar-refractivity contribution in [1.29, 1.82) is 0 Å². The normalized spacial score (nSPS) is 22.6. The molecule has 0 radical (unpaired) electrons. The zero-order valence-corrected chi connectivity index (χ0v) is 15.1. The molecule has 1 aromatic heterocycles. The van der Waals surface area contributed by atoms with E-state index in [0.29, 0.717) is 24.3 Å². The second-order valence-corrected chi connectivity index (χ2v) is 7.40. The Bertz CT molecular complexity index is 1010. The molecule has 2 fully saturated rings. The van der Waals surface area contributed by atoms with Gasteiger partial charge < -0.3 is 15.2 Å². The average Bonchev–Trinajstić information content (AvgIpc) is 3.07. The van der Waals surface area contributed by atoms with Gasteiger partial charge in [0.15, 0.2) is 0 Å². The Labute approximate surface area is 159 Å². The lowest BCUT2D eigenvalue weighted by Gasteiger charge is -2.21. The third-order valence-electron chi connectivity index (χ3n) is 5.51. The molecule has 1 saturated heterocycles. The third-order valence-corrected chi connectivity index (χ3v) is 5.51. The van der Waals surface area contributed by atoms with Crippen LogP contribution in [-0.4, -0.2) is 34.9 Å². The average molecular weight is 386 g/mol. The highest BCUT2D eigenvalue weighted by Gasteiger charge is 2.57. The lowest BCUT2D eigenvalue weighted by atomic mass is 10.1. The first-order chi connectivity index (χ1) is 13.3. The van der Waals surface area contributed by atoms with Gasteiger partial charge in [-0.25, -0.2) is 4.39 Å². The number of carbonyl (C=O) groups is 1. The van der Waals surface area contributed by atoms with Crippen LogP contribution in [0.15, 0.2) is 35.3 Å². The zero-order chi connectivity index (χ0) is 20.0. The van der Waals surface area contributed by atoms with Gasteiger partial charge in [-0.15, -0.1) is 0 Å². The van der Waals surface area contributed by atoms with Crippen LogP contribution < -0.4 is 15.8 Å². The van der Waals surface area contributed by atoms with Crippen LogP contribution in [0, 0.1) is 34.7 Å². The second-order valence-electron chi connectivity index (χ2n) is 7.40. The number of pyridine rings is 1. The van der Waals surface area contributed by atoms with Crippen molar-refractivity contribution in [2.75, 3.05) is 18.0 Å². The van der Waals surface area contributed by atoms with Gasteiger partial charge in [-0.2, -0.15) is 0 Å². The molecule has 28 heavy (non-hydrogen) atoms. The first-order valence-corrected chi connectivity index (χ1v) is 9.00. The van der Waals surface area contributed by atoms with E-state index in [4.69, 9.17) is 0 Å². The fourth-order valence-electron chi connectivity index (χ4n) is 4.08. The standard InChI is InChI=1S/C19H19FN4O4/c1-10-2-3-14(20)11(6-10)7-16(25)22-17-12-8-23(9-13(12)17)15-4-5-21-19(26)18(15)24(27)28/h2-6,12-13,17H,7-9H2,1H3,(H,21,26)(H,22,25)/t12-,13+,17?. The predicted octanol–water partition coefficient (Wildman–Crippen LogP) is 1.52. The van der Waals surface area contributed by atoms with Crippen LogP contribution in [0.2, 0.25) is 0 Å². The molecule has 0 bridgehead atoms. The third kappa shape index (κ3) is 3.23. The summed E-state index contributed by atoms with van der Waals surface area (Å²) in [4.78, 5) is 38.7. The van der Waals surface area contributed by atoms with Gasteiger partial charge in [-0.05, 0) is 24.6 Å². The van der Waals surface area contributed by atoms with E-state index in [2.05, 4.69) is 10.3 Å². The van der Waals surface area contributed by atoms with E-state index in [9.17, 15) is 24.1 Å². The number of fused-ring (bicyclic) bond motifs is 1. The fourth-order valence-corrected chi connectivity index (χ4v) is 4.08. The number of anilines is 1. The van der Waals surface area contributed by atoms with Crippen LogP contribution >= 0.6 is 0 Å². The molecule has 1 unspecified atom stereocenters. The number of nitrogens with zero attached hydrogens (tertiary/aromatic N) is 2. The predicted molar refractivity (Wildman–Crippen MR) is 99.7 cm³/mol. The minimum Gasteiger partial charge on any atom is -0.365 e. The van der Waals surface area contributed by atoms with Gasteiger partial charge in [0.25, 0.3) is 0 Å². The number of hydrogen-bond donors (Lipinski definition) is 2. The van der Waals surface area contributed by atoms with E-state index in [1.54, 1.807) is 12.1 Å². The molecule has 4 rings (SSSR count). The van der Waals surface area contributed by atoms with Crippen molar-refractivity contribution in [2.24, 2.45) is 11.8 Å². The van der Waals surface area contributed by atoms with Gasteiger partial charge in [0.1, 0.15) is 11.5 Å². The fraction of sp³-hybridized carbons (Fsp3) is 0.368. The number of benzene rings is 1. The van der Waals surface area contributed by atoms with Crippen LogP contribution in [0.1, 0.15) is 11.1 Å². The molecule has 146 valence electrons. The van der Waals surface area contributed by atoms with Gasteiger partial charge in [0.05, 0.1) is 11.3 Å². The molecular formula is C19H19FN4O4. The first kappa shape index (κ1) is 18.1. The summed E-state index contributed by atoms with van der Waals surface area (Å²) in [7, 11) is 0. The molecule has 2 aromatic rings. The SMILES string of the molecule is Cc1ccc(F)c(CC(=O)NC2[C@H]3CN(c4cc[nH]c(=O)c4[N+](=O)[O-])C[C@@H]23)c1. The highest BCUT2D eigenvalue weighted by Crippen LogP contribution is 2.47. The number of rotatable bonds is 5. The van der Waals surface area contributed by atoms with Crippen molar-refractivity contribution in [2.45, 2.75) is 19.4 Å². The number of amides is 1. The number of hydrogen-bond acceptors (Lipinski definition) is 5. The van der Waals surface area contributed by atoms with E-state index >= 15 is 0 Å². The number of aromatic nitrogens is 1. The van der Waals surface area contributed by atoms with Crippen molar-refractivity contribution >= 4 is 17.3 Å². The van der Waals surface area contributed by atoms with Crippen LogP contribution in [0.25, 0.3) is 0 Å². The van der Waals surface area contributed by atoms with Crippen molar-refractivity contribution in [1.82, 2.24) is 10.3 Å². The summed E-state index contributed by atoms with van der Waals surface area (Å²) in [5, 5.41) is 14.1. The van der Waals surface area contributed by atoms with Crippen molar-refractivity contribution < 1.29 is 14.1 Å². The number of halogens is 1. The van der Waals surface area contributed by atoms with Gasteiger partial charge >= 0.3 is 11.2 Å². The Morgan fingerprint density at radius 1 is 1.36 bits per heavy atom. The molecular weight excluding hydrogens is 367 g/mol. The van der Waals surface area contributed by atoms with Gasteiger partial charge in [-0.3, -0.25) is 19.7 Å². The summed E-state index contributed by atoms with van der Waals surface area (Å²) in [5.41, 5.74) is 0.368. The highest BCUT2D eigenvalue weighted by atomic mass is 19.1. The molecule has 1 saturated carbocycles. The monoisotopic (exact) mass is 386 g/mol. The molecule has 2 N–H and O–H groups in total. The molecule has 1 amide bonds. The largest absolute Gasteiger partial charge is 0.365 e. The van der Waals surface area contributed by atoms with Gasteiger partial charge in [0.2, 0.25) is 5.91 Å². The summed E-state index contributed by atoms with van der Waals surface area (Å²) in [6, 6.07) is 6.19. The summed E-state index contributed by atoms with van der Waals surface area (Å²) in [5.74, 6) is -0.294. The minimum absolute atomic E-state index is 0.0160. The summed E-state index contributed by atoms with van der Waals surface area (Å²) < 4.78 is 13.8. The topological polar surface area (TPSA) is 108 Å². The number of piperidine rings is 1. The van der Waals surface area contributed by atoms with E-state index in [1.165, 1.54) is 18.3 Å². The van der Waals surface area contributed by atoms with Crippen molar-refractivity contribution in [3.63, 3.8) is 0 Å². The van der Waals surface area contributed by atoms with Crippen molar-refractivity contribution in [3.8, 4) is 0 Å². The lowest BCUT2D eigenvalue weighted by molar-refractivity contribution is -0.385. The van der Waals surface area contributed by atoms with Crippen LogP contribution in [0.3, 0.4) is 0 Å². The molecule has 0 spiro atoms. The van der Waals surface area contributed by atoms with Crippen LogP contribution in [0.4, 0.5) is 15.8 Å². The van der Waals surface area contributed by atoms with E-state index in [-0.39, 0.29) is 30.2 Å². The maximum atomic E-state index is 13.8. The second kappa shape index (κ2) is 6.74. The quantitative estimate of drug-likeness (QED) is 0.598. The summed E-state index contributed by atoms with van der Waals surface area (Å²) in [6.07, 6.45) is 1.37. The molecule has 9 heteroatoms. The Balaban J connectivity index is 1.38. The Morgan fingerprint density at radius 2 is 2.07 bits per heavy atom. The van der Waals surface area contributed by atoms with Gasteiger partial charge in [-0.1, -0.05) is 17.7 Å². The lowest BCUT2D eigenvalue weighted by Crippen LogP contribution is -2.36. The number of nitro groups is 1. The maximum absolute atomic E-state index is 13.8. The Morgan fingerprint density at radius 3 is 2.75 bits per heavy atom.